The van der Waals surface area contributed by atoms with Gasteiger partial charge in [-0.3, -0.25) is 4.98 Å². The van der Waals surface area contributed by atoms with Crippen LogP contribution in [-0.2, 0) is 7.05 Å². The number of aryl methyl sites for hydroxylation is 2. The SMILES string of the molecule is Cc1cnccccn(C)c1. The van der Waals surface area contributed by atoms with Gasteiger partial charge in [-0.2, -0.15) is 0 Å². The predicted molar refractivity (Wildman–Crippen MR) is 45.6 cm³/mol. The molecule has 0 aliphatic carbocycles. The first-order valence-electron chi connectivity index (χ1n) is 3.56. The van der Waals surface area contributed by atoms with Crippen molar-refractivity contribution in [2.45, 2.75) is 6.92 Å². The maximum Gasteiger partial charge on any atom is 0.0311 e. The first kappa shape index (κ1) is 7.79. The van der Waals surface area contributed by atoms with Crippen LogP contribution in [0, 0.1) is 6.92 Å². The average Bonchev–Trinajstić information content (AvgIpc) is 2.02. The van der Waals surface area contributed by atoms with Gasteiger partial charge >= 0.3 is 0 Å². The van der Waals surface area contributed by atoms with E-state index in [4.69, 9.17) is 0 Å². The summed E-state index contributed by atoms with van der Waals surface area (Å²) in [6.07, 6.45) is 7.61. The molecule has 0 unspecified atom stereocenters. The number of hydrogen-bond donors (Lipinski definition) is 0. The molecule has 0 aliphatic heterocycles. The minimum atomic E-state index is 1.14. The summed E-state index contributed by atoms with van der Waals surface area (Å²) >= 11 is 0. The van der Waals surface area contributed by atoms with Crippen LogP contribution in [0.2, 0.25) is 0 Å². The lowest BCUT2D eigenvalue weighted by atomic mass is 10.4. The molecule has 0 radical (unpaired) electrons. The lowest BCUT2D eigenvalue weighted by Gasteiger charge is -1.90. The zero-order valence-electron chi connectivity index (χ0n) is 6.86. The molecule has 11 heavy (non-hydrogen) atoms. The molecule has 0 N–H and O–H groups in total. The smallest absolute Gasteiger partial charge is 0.0311 e. The van der Waals surface area contributed by atoms with Gasteiger partial charge in [0.2, 0.25) is 0 Å². The molecule has 0 saturated heterocycles. The van der Waals surface area contributed by atoms with Crippen LogP contribution in [-0.4, -0.2) is 9.55 Å². The minimum Gasteiger partial charge on any atom is -0.357 e. The number of hydrogen-bond acceptors (Lipinski definition) is 1. The second-order valence-corrected chi connectivity index (χ2v) is 2.50. The fourth-order valence-corrected chi connectivity index (χ4v) is 0.843. The van der Waals surface area contributed by atoms with E-state index in [0.717, 1.165) is 5.56 Å². The molecule has 0 bridgehead atoms. The van der Waals surface area contributed by atoms with Crippen LogP contribution in [0.4, 0.5) is 0 Å². The lowest BCUT2D eigenvalue weighted by molar-refractivity contribution is 0.902. The third-order valence-corrected chi connectivity index (χ3v) is 1.29. The average molecular weight is 148 g/mol. The van der Waals surface area contributed by atoms with E-state index in [9.17, 15) is 0 Å². The van der Waals surface area contributed by atoms with Crippen LogP contribution < -0.4 is 0 Å². The van der Waals surface area contributed by atoms with Crippen LogP contribution in [0.15, 0.2) is 36.9 Å². The third-order valence-electron chi connectivity index (χ3n) is 1.29. The highest BCUT2D eigenvalue weighted by Gasteiger charge is 1.75. The topological polar surface area (TPSA) is 17.8 Å². The molecule has 1 aromatic heterocycles. The minimum absolute atomic E-state index is 1.14. The Hall–Kier alpha value is -1.31. The molecule has 0 amide bonds. The summed E-state index contributed by atoms with van der Waals surface area (Å²) in [7, 11) is 1.99. The molecule has 0 aromatic carbocycles. The van der Waals surface area contributed by atoms with Gasteiger partial charge in [-0.15, -0.1) is 0 Å². The Balaban J connectivity index is 3.25. The maximum atomic E-state index is 4.05. The van der Waals surface area contributed by atoms with Gasteiger partial charge < -0.3 is 4.57 Å². The van der Waals surface area contributed by atoms with Gasteiger partial charge in [-0.05, 0) is 24.6 Å². The summed E-state index contributed by atoms with van der Waals surface area (Å²) in [6, 6.07) is 3.85. The van der Waals surface area contributed by atoms with Crippen molar-refractivity contribution in [2.24, 2.45) is 7.05 Å². The highest BCUT2D eigenvalue weighted by molar-refractivity contribution is 4.98. The normalized spacial score (nSPS) is 8.91. The van der Waals surface area contributed by atoms with Crippen molar-refractivity contribution in [1.82, 2.24) is 9.55 Å². The van der Waals surface area contributed by atoms with Gasteiger partial charge in [-0.1, -0.05) is 0 Å². The van der Waals surface area contributed by atoms with E-state index < -0.39 is 0 Å². The van der Waals surface area contributed by atoms with E-state index in [1.807, 2.05) is 49.3 Å². The van der Waals surface area contributed by atoms with Crippen molar-refractivity contribution in [2.75, 3.05) is 0 Å². The molecule has 0 saturated carbocycles. The Morgan fingerprint density at radius 2 is 2.18 bits per heavy atom. The van der Waals surface area contributed by atoms with Crippen molar-refractivity contribution in [3.8, 4) is 0 Å². The zero-order valence-corrected chi connectivity index (χ0v) is 6.86. The first-order valence-corrected chi connectivity index (χ1v) is 3.56. The molecule has 0 fully saturated rings. The van der Waals surface area contributed by atoms with Gasteiger partial charge in [0, 0.05) is 31.8 Å². The number of rotatable bonds is 0. The molecule has 0 spiro atoms. The van der Waals surface area contributed by atoms with Gasteiger partial charge in [0.25, 0.3) is 0 Å². The van der Waals surface area contributed by atoms with Gasteiger partial charge in [0.05, 0.1) is 0 Å². The van der Waals surface area contributed by atoms with Gasteiger partial charge in [-0.25, -0.2) is 0 Å². The Labute approximate surface area is 66.8 Å². The monoisotopic (exact) mass is 148 g/mol. The van der Waals surface area contributed by atoms with E-state index in [2.05, 4.69) is 4.98 Å². The maximum absolute atomic E-state index is 4.05. The first-order chi connectivity index (χ1) is 5.29. The molecular formula is C9H12N2. The predicted octanol–water partition coefficient (Wildman–Crippen LogP) is 1.85. The number of nitrogens with zero attached hydrogens (tertiary/aromatic N) is 2. The van der Waals surface area contributed by atoms with Crippen molar-refractivity contribution in [1.29, 1.82) is 0 Å². The van der Waals surface area contributed by atoms with Crippen LogP contribution in [0.25, 0.3) is 0 Å². The molecule has 0 atom stereocenters. The van der Waals surface area contributed by atoms with Crippen LogP contribution >= 0.6 is 0 Å². The fourth-order valence-electron chi connectivity index (χ4n) is 0.843. The molecule has 2 nitrogen and oxygen atoms in total. The van der Waals surface area contributed by atoms with E-state index in [1.54, 1.807) is 6.20 Å². The van der Waals surface area contributed by atoms with E-state index in [-0.39, 0.29) is 0 Å². The Bertz CT molecular complexity index is 248. The second-order valence-electron chi connectivity index (χ2n) is 2.50. The largest absolute Gasteiger partial charge is 0.357 e. The fraction of sp³-hybridized carbons (Fsp3) is 0.222. The highest BCUT2D eigenvalue weighted by atomic mass is 14.9. The highest BCUT2D eigenvalue weighted by Crippen LogP contribution is 1.87. The summed E-state index contributed by atoms with van der Waals surface area (Å²) in [6.45, 7) is 2.02. The van der Waals surface area contributed by atoms with Crippen molar-refractivity contribution in [3.63, 3.8) is 0 Å². The Kier molecular flexibility index (Phi) is 2.66. The number of aromatic nitrogens is 2. The summed E-state index contributed by atoms with van der Waals surface area (Å²) in [5.41, 5.74) is 1.14. The molecular weight excluding hydrogens is 136 g/mol. The summed E-state index contributed by atoms with van der Waals surface area (Å²) in [5, 5.41) is 0. The van der Waals surface area contributed by atoms with Crippen molar-refractivity contribution >= 4 is 0 Å². The van der Waals surface area contributed by atoms with Crippen molar-refractivity contribution < 1.29 is 0 Å². The molecule has 1 rings (SSSR count). The third kappa shape index (κ3) is 2.85. The standard InChI is InChI=1S/C9H12N2/c1-9-7-10-5-3-4-6-11(2)8-9/h3-8H,1-2H3. The van der Waals surface area contributed by atoms with Gasteiger partial charge in [0.1, 0.15) is 0 Å². The molecule has 0 aliphatic rings. The van der Waals surface area contributed by atoms with Gasteiger partial charge in [0.15, 0.2) is 0 Å². The summed E-state index contributed by atoms with van der Waals surface area (Å²) in [4.78, 5) is 4.05. The van der Waals surface area contributed by atoms with E-state index >= 15 is 0 Å². The Morgan fingerprint density at radius 3 is 3.00 bits per heavy atom. The molecule has 1 heterocycles. The zero-order chi connectivity index (χ0) is 8.10. The van der Waals surface area contributed by atoms with E-state index in [0.29, 0.717) is 0 Å². The van der Waals surface area contributed by atoms with Crippen LogP contribution in [0.1, 0.15) is 5.56 Å². The molecule has 2 heteroatoms. The van der Waals surface area contributed by atoms with E-state index in [1.165, 1.54) is 0 Å². The lowest BCUT2D eigenvalue weighted by Crippen LogP contribution is -1.83. The molecule has 1 aromatic rings. The summed E-state index contributed by atoms with van der Waals surface area (Å²) < 4.78 is 2.00. The van der Waals surface area contributed by atoms with Crippen molar-refractivity contribution in [3.05, 3.63) is 42.5 Å². The molecule has 58 valence electrons. The summed E-state index contributed by atoms with van der Waals surface area (Å²) in [5.74, 6) is 0. The van der Waals surface area contributed by atoms with Crippen LogP contribution in [0.3, 0.4) is 0 Å². The van der Waals surface area contributed by atoms with Crippen LogP contribution in [0.5, 0.6) is 0 Å². The Morgan fingerprint density at radius 1 is 1.36 bits per heavy atom. The quantitative estimate of drug-likeness (QED) is 0.549. The second kappa shape index (κ2) is 3.76.